The lowest BCUT2D eigenvalue weighted by Gasteiger charge is -2.20. The number of hydrogen-bond donors (Lipinski definition) is 0. The highest BCUT2D eigenvalue weighted by molar-refractivity contribution is 6.38. The minimum atomic E-state index is -0.985. The molecule has 1 aromatic carbocycles. The van der Waals surface area contributed by atoms with Crippen molar-refractivity contribution in [1.82, 2.24) is 0 Å². The molecule has 6 nitrogen and oxygen atoms in total. The number of ether oxygens (including phenoxy) is 3. The maximum atomic E-state index is 11.8. The lowest BCUT2D eigenvalue weighted by molar-refractivity contribution is -0.160. The minimum Gasteiger partial charge on any atom is -0.494 e. The molecular weight excluding hydrogens is 408 g/mol. The number of hydrogen-bond acceptors (Lipinski definition) is 6. The average Bonchev–Trinajstić information content (AvgIpc) is 2.79. The van der Waals surface area contributed by atoms with Gasteiger partial charge in [-0.1, -0.05) is 63.5 Å². The van der Waals surface area contributed by atoms with E-state index in [0.717, 1.165) is 30.4 Å². The summed E-state index contributed by atoms with van der Waals surface area (Å²) in [6.07, 6.45) is 11.4. The lowest BCUT2D eigenvalue weighted by Crippen LogP contribution is -2.27. The van der Waals surface area contributed by atoms with Gasteiger partial charge >= 0.3 is 11.9 Å². The van der Waals surface area contributed by atoms with Gasteiger partial charge in [-0.3, -0.25) is 9.59 Å². The average molecular weight is 445 g/mol. The van der Waals surface area contributed by atoms with Crippen LogP contribution in [0.4, 0.5) is 0 Å². The van der Waals surface area contributed by atoms with Crippen molar-refractivity contribution in [2.24, 2.45) is 5.41 Å². The molecule has 0 aliphatic carbocycles. The molecule has 0 aliphatic heterocycles. The summed E-state index contributed by atoms with van der Waals surface area (Å²) in [6.45, 7) is 8.11. The number of esters is 2. The van der Waals surface area contributed by atoms with Crippen LogP contribution in [-0.2, 0) is 23.9 Å². The summed E-state index contributed by atoms with van der Waals surface area (Å²) in [7, 11) is 0. The fraction of sp³-hybridized carbons (Fsp3) is 0.500. The molecule has 0 atom stereocenters. The summed E-state index contributed by atoms with van der Waals surface area (Å²) in [5.41, 5.74) is 0.357. The van der Waals surface area contributed by atoms with E-state index < -0.39 is 17.2 Å². The van der Waals surface area contributed by atoms with Gasteiger partial charge in [-0.25, -0.2) is 4.79 Å². The van der Waals surface area contributed by atoms with Crippen LogP contribution in [0.3, 0.4) is 0 Å². The van der Waals surface area contributed by atoms with Crippen molar-refractivity contribution in [3.8, 4) is 5.75 Å². The largest absolute Gasteiger partial charge is 0.494 e. The smallest absolute Gasteiger partial charge is 0.379 e. The van der Waals surface area contributed by atoms with Crippen molar-refractivity contribution in [3.05, 3.63) is 48.1 Å². The van der Waals surface area contributed by atoms with Crippen molar-refractivity contribution in [2.75, 3.05) is 19.8 Å². The van der Waals surface area contributed by atoms with E-state index in [0.29, 0.717) is 6.42 Å². The Balaban J connectivity index is 2.31. The molecule has 0 aliphatic rings. The zero-order valence-electron chi connectivity index (χ0n) is 19.7. The molecule has 0 spiro atoms. The topological polar surface area (TPSA) is 78.9 Å². The molecule has 1 aromatic rings. The van der Waals surface area contributed by atoms with Crippen LogP contribution in [0.15, 0.2) is 42.5 Å². The summed E-state index contributed by atoms with van der Waals surface area (Å²) in [6, 6.07) is 7.65. The fourth-order valence-electron chi connectivity index (χ4n) is 2.45. The van der Waals surface area contributed by atoms with Gasteiger partial charge in [-0.15, -0.1) is 0 Å². The minimum absolute atomic E-state index is 0.0800. The number of unbranched alkanes of at least 4 members (excludes halogenated alkanes) is 3. The van der Waals surface area contributed by atoms with Gasteiger partial charge < -0.3 is 14.2 Å². The number of benzene rings is 1. The summed E-state index contributed by atoms with van der Waals surface area (Å²) in [4.78, 5) is 35.3. The summed E-state index contributed by atoms with van der Waals surface area (Å²) >= 11 is 0. The second kappa shape index (κ2) is 15.0. The van der Waals surface area contributed by atoms with E-state index in [1.165, 1.54) is 25.3 Å². The SMILES string of the molecule is CCCCCCOc1ccc(/C=C/C=C/C(=O)C(=O)OCCOC(=O)C(C)(C)CC)cc1. The Morgan fingerprint density at radius 1 is 0.875 bits per heavy atom. The number of rotatable bonds is 15. The zero-order valence-corrected chi connectivity index (χ0v) is 19.7. The van der Waals surface area contributed by atoms with E-state index in [1.807, 2.05) is 37.3 Å². The van der Waals surface area contributed by atoms with Gasteiger partial charge in [0.1, 0.15) is 19.0 Å². The summed E-state index contributed by atoms with van der Waals surface area (Å²) in [5.74, 6) is -1.29. The highest BCUT2D eigenvalue weighted by Gasteiger charge is 2.27. The second-order valence-corrected chi connectivity index (χ2v) is 8.07. The standard InChI is InChI=1S/C26H36O6/c1-5-7-8-11-18-30-22-16-14-21(15-17-22)12-9-10-13-23(27)24(28)31-19-20-32-25(29)26(3,4)6-2/h9-10,12-17H,5-8,11,18-20H2,1-4H3/b12-9+,13-10+. The zero-order chi connectivity index (χ0) is 23.8. The van der Waals surface area contributed by atoms with E-state index in [2.05, 4.69) is 6.92 Å². The molecule has 0 bridgehead atoms. The van der Waals surface area contributed by atoms with E-state index in [4.69, 9.17) is 14.2 Å². The third-order valence-electron chi connectivity index (χ3n) is 4.98. The molecule has 0 aromatic heterocycles. The van der Waals surface area contributed by atoms with Crippen LogP contribution in [0.2, 0.25) is 0 Å². The number of ketones is 1. The van der Waals surface area contributed by atoms with Gasteiger partial charge in [-0.2, -0.15) is 0 Å². The Labute approximate surface area is 191 Å². The van der Waals surface area contributed by atoms with E-state index in [1.54, 1.807) is 19.9 Å². The molecule has 1 rings (SSSR count). The molecule has 6 heteroatoms. The first-order valence-corrected chi connectivity index (χ1v) is 11.3. The Morgan fingerprint density at radius 3 is 2.22 bits per heavy atom. The van der Waals surface area contributed by atoms with Crippen LogP contribution in [-0.4, -0.2) is 37.5 Å². The first-order valence-electron chi connectivity index (χ1n) is 11.3. The highest BCUT2D eigenvalue weighted by Crippen LogP contribution is 2.21. The molecule has 0 radical (unpaired) electrons. The molecule has 0 heterocycles. The summed E-state index contributed by atoms with van der Waals surface area (Å²) < 4.78 is 15.6. The molecule has 32 heavy (non-hydrogen) atoms. The third-order valence-corrected chi connectivity index (χ3v) is 4.98. The Hall–Kier alpha value is -2.89. The number of carbonyl (C=O) groups is 3. The molecule has 0 saturated heterocycles. The molecule has 0 N–H and O–H groups in total. The lowest BCUT2D eigenvalue weighted by atomic mass is 9.91. The Bertz CT molecular complexity index is 774. The molecule has 0 unspecified atom stereocenters. The monoisotopic (exact) mass is 444 g/mol. The quantitative estimate of drug-likeness (QED) is 0.120. The molecule has 0 fully saturated rings. The van der Waals surface area contributed by atoms with E-state index >= 15 is 0 Å². The van der Waals surface area contributed by atoms with Crippen LogP contribution in [0.5, 0.6) is 5.75 Å². The first-order chi connectivity index (χ1) is 15.3. The van der Waals surface area contributed by atoms with Crippen molar-refractivity contribution in [2.45, 2.75) is 59.8 Å². The van der Waals surface area contributed by atoms with Crippen LogP contribution < -0.4 is 4.74 Å². The summed E-state index contributed by atoms with van der Waals surface area (Å²) in [5, 5.41) is 0. The van der Waals surface area contributed by atoms with Gasteiger partial charge in [0.25, 0.3) is 5.78 Å². The number of allylic oxidation sites excluding steroid dienone is 2. The van der Waals surface area contributed by atoms with E-state index in [9.17, 15) is 14.4 Å². The maximum absolute atomic E-state index is 11.8. The molecule has 0 saturated carbocycles. The van der Waals surface area contributed by atoms with Crippen molar-refractivity contribution < 1.29 is 28.6 Å². The van der Waals surface area contributed by atoms with Gasteiger partial charge in [-0.05, 0) is 50.5 Å². The predicted molar refractivity (Wildman–Crippen MR) is 125 cm³/mol. The van der Waals surface area contributed by atoms with Crippen molar-refractivity contribution >= 4 is 23.8 Å². The maximum Gasteiger partial charge on any atom is 0.379 e. The van der Waals surface area contributed by atoms with Gasteiger partial charge in [0, 0.05) is 0 Å². The second-order valence-electron chi connectivity index (χ2n) is 8.07. The van der Waals surface area contributed by atoms with Crippen LogP contribution in [0.1, 0.15) is 65.4 Å². The van der Waals surface area contributed by atoms with Crippen LogP contribution in [0, 0.1) is 5.41 Å². The normalized spacial score (nSPS) is 11.6. The molecule has 176 valence electrons. The van der Waals surface area contributed by atoms with Crippen LogP contribution >= 0.6 is 0 Å². The first kappa shape index (κ1) is 27.1. The Morgan fingerprint density at radius 2 is 1.56 bits per heavy atom. The van der Waals surface area contributed by atoms with Gasteiger partial charge in [0.15, 0.2) is 0 Å². The van der Waals surface area contributed by atoms with Crippen LogP contribution in [0.25, 0.3) is 6.08 Å². The Kier molecular flexibility index (Phi) is 12.7. The third kappa shape index (κ3) is 10.9. The van der Waals surface area contributed by atoms with Gasteiger partial charge in [0.2, 0.25) is 0 Å². The fourth-order valence-corrected chi connectivity index (χ4v) is 2.45. The molecular formula is C26H36O6. The predicted octanol–water partition coefficient (Wildman–Crippen LogP) is 5.31. The highest BCUT2D eigenvalue weighted by atomic mass is 16.6. The van der Waals surface area contributed by atoms with Crippen molar-refractivity contribution in [3.63, 3.8) is 0 Å². The van der Waals surface area contributed by atoms with Gasteiger partial charge in [0.05, 0.1) is 12.0 Å². The van der Waals surface area contributed by atoms with Crippen molar-refractivity contribution in [1.29, 1.82) is 0 Å². The number of carbonyl (C=O) groups excluding carboxylic acids is 3. The molecule has 0 amide bonds. The van der Waals surface area contributed by atoms with E-state index in [-0.39, 0.29) is 19.2 Å².